The normalized spacial score (nSPS) is 16.0. The zero-order chi connectivity index (χ0) is 15.1. The Morgan fingerprint density at radius 1 is 1.29 bits per heavy atom. The van der Waals surface area contributed by atoms with E-state index in [2.05, 4.69) is 26.5 Å². The van der Waals surface area contributed by atoms with Gasteiger partial charge in [0.2, 0.25) is 5.91 Å². The van der Waals surface area contributed by atoms with Gasteiger partial charge in [0.05, 0.1) is 6.21 Å². The van der Waals surface area contributed by atoms with Gasteiger partial charge in [-0.2, -0.15) is 5.10 Å². The van der Waals surface area contributed by atoms with E-state index < -0.39 is 0 Å². The number of hydrogen-bond acceptors (Lipinski definition) is 3. The summed E-state index contributed by atoms with van der Waals surface area (Å²) >= 11 is 3.35. The number of rotatable bonds is 4. The van der Waals surface area contributed by atoms with E-state index in [9.17, 15) is 9.59 Å². The molecule has 1 aliphatic rings. The summed E-state index contributed by atoms with van der Waals surface area (Å²) in [6.07, 6.45) is 5.04. The van der Waals surface area contributed by atoms with E-state index in [1.807, 2.05) is 24.3 Å². The maximum Gasteiger partial charge on any atom is 0.259 e. The number of halogens is 1. The number of nitrogens with zero attached hydrogens (tertiary/aromatic N) is 2. The highest BCUT2D eigenvalue weighted by Crippen LogP contribution is 2.10. The first-order valence-electron chi connectivity index (χ1n) is 7.00. The van der Waals surface area contributed by atoms with Crippen molar-refractivity contribution in [3.63, 3.8) is 0 Å². The number of benzene rings is 1. The molecule has 21 heavy (non-hydrogen) atoms. The number of carbonyl (C=O) groups excluding carboxylic acids is 2. The number of likely N-dealkylation sites (tertiary alicyclic amines) is 1. The molecule has 1 saturated heterocycles. The minimum absolute atomic E-state index is 0.0551. The number of carbonyl (C=O) groups is 2. The summed E-state index contributed by atoms with van der Waals surface area (Å²) in [5.74, 6) is -0.210. The summed E-state index contributed by atoms with van der Waals surface area (Å²) in [7, 11) is 0. The van der Waals surface area contributed by atoms with Gasteiger partial charge in [-0.1, -0.05) is 34.5 Å². The lowest BCUT2D eigenvalue weighted by Crippen LogP contribution is -2.39. The van der Waals surface area contributed by atoms with Crippen molar-refractivity contribution in [1.29, 1.82) is 0 Å². The molecule has 1 N–H and O–H groups in total. The highest BCUT2D eigenvalue weighted by atomic mass is 79.9. The maximum absolute atomic E-state index is 11.8. The van der Waals surface area contributed by atoms with Crippen LogP contribution in [0.4, 0.5) is 0 Å². The maximum atomic E-state index is 11.8. The molecule has 2 amide bonds. The van der Waals surface area contributed by atoms with Crippen LogP contribution in [0.15, 0.2) is 33.8 Å². The van der Waals surface area contributed by atoms with Crippen molar-refractivity contribution in [3.8, 4) is 0 Å². The molecule has 0 radical (unpaired) electrons. The van der Waals surface area contributed by atoms with Crippen LogP contribution in [-0.4, -0.2) is 36.0 Å². The predicted octanol–water partition coefficient (Wildman–Crippen LogP) is 2.30. The molecule has 1 fully saturated rings. The van der Waals surface area contributed by atoms with E-state index in [4.69, 9.17) is 0 Å². The van der Waals surface area contributed by atoms with E-state index in [1.54, 1.807) is 11.1 Å². The van der Waals surface area contributed by atoms with Gasteiger partial charge in [-0.3, -0.25) is 9.59 Å². The standard InChI is InChI=1S/C15H18BrN3O2/c16-13-7-5-12(6-8-13)10-17-18-14(20)11-19-9-3-1-2-4-15(19)21/h5-8,10H,1-4,9,11H2,(H,18,20)/b17-10-. The fourth-order valence-electron chi connectivity index (χ4n) is 2.14. The Morgan fingerprint density at radius 2 is 2.05 bits per heavy atom. The van der Waals surface area contributed by atoms with E-state index in [-0.39, 0.29) is 18.4 Å². The van der Waals surface area contributed by atoms with Crippen LogP contribution in [0.25, 0.3) is 0 Å². The summed E-state index contributed by atoms with van der Waals surface area (Å²) in [6.45, 7) is 0.735. The summed E-state index contributed by atoms with van der Waals surface area (Å²) in [6, 6.07) is 7.58. The fraction of sp³-hybridized carbons (Fsp3) is 0.400. The van der Waals surface area contributed by atoms with E-state index in [0.717, 1.165) is 29.3 Å². The van der Waals surface area contributed by atoms with E-state index >= 15 is 0 Å². The van der Waals surface area contributed by atoms with Crippen molar-refractivity contribution in [3.05, 3.63) is 34.3 Å². The second-order valence-corrected chi connectivity index (χ2v) is 5.89. The number of hydrogen-bond donors (Lipinski definition) is 1. The average molecular weight is 352 g/mol. The Kier molecular flexibility index (Phi) is 5.92. The molecule has 1 heterocycles. The average Bonchev–Trinajstić information content (AvgIpc) is 2.66. The zero-order valence-electron chi connectivity index (χ0n) is 11.7. The lowest BCUT2D eigenvalue weighted by Gasteiger charge is -2.18. The van der Waals surface area contributed by atoms with Gasteiger partial charge in [0.15, 0.2) is 0 Å². The molecule has 5 nitrogen and oxygen atoms in total. The molecule has 6 heteroatoms. The summed E-state index contributed by atoms with van der Waals surface area (Å²) < 4.78 is 0.989. The first-order valence-corrected chi connectivity index (χ1v) is 7.80. The molecule has 1 aromatic carbocycles. The molecule has 2 rings (SSSR count). The van der Waals surface area contributed by atoms with Crippen LogP contribution in [0.1, 0.15) is 31.2 Å². The monoisotopic (exact) mass is 351 g/mol. The van der Waals surface area contributed by atoms with Gasteiger partial charge in [0.1, 0.15) is 6.54 Å². The largest absolute Gasteiger partial charge is 0.333 e. The summed E-state index contributed by atoms with van der Waals surface area (Å²) in [5.41, 5.74) is 3.35. The van der Waals surface area contributed by atoms with Gasteiger partial charge in [-0.15, -0.1) is 0 Å². The number of nitrogens with one attached hydrogen (secondary N) is 1. The molecule has 0 spiro atoms. The first kappa shape index (κ1) is 15.7. The Morgan fingerprint density at radius 3 is 2.81 bits per heavy atom. The summed E-state index contributed by atoms with van der Waals surface area (Å²) in [5, 5.41) is 3.91. The second-order valence-electron chi connectivity index (χ2n) is 4.97. The number of hydrazone groups is 1. The SMILES string of the molecule is O=C(CN1CCCCCC1=O)N/N=C\c1ccc(Br)cc1. The van der Waals surface area contributed by atoms with Crippen molar-refractivity contribution in [2.75, 3.05) is 13.1 Å². The van der Waals surface area contributed by atoms with Crippen LogP contribution < -0.4 is 5.43 Å². The van der Waals surface area contributed by atoms with Gasteiger partial charge in [0, 0.05) is 17.4 Å². The molecular formula is C15H18BrN3O2. The highest BCUT2D eigenvalue weighted by Gasteiger charge is 2.18. The lowest BCUT2D eigenvalue weighted by atomic mass is 10.2. The Labute approximate surface area is 132 Å². The smallest absolute Gasteiger partial charge is 0.259 e. The van der Waals surface area contributed by atoms with Crippen LogP contribution in [0.5, 0.6) is 0 Å². The molecular weight excluding hydrogens is 334 g/mol. The molecule has 0 aromatic heterocycles. The van der Waals surface area contributed by atoms with E-state index in [1.165, 1.54) is 0 Å². The van der Waals surface area contributed by atoms with Crippen LogP contribution in [0.2, 0.25) is 0 Å². The van der Waals surface area contributed by atoms with E-state index in [0.29, 0.717) is 13.0 Å². The third-order valence-corrected chi connectivity index (χ3v) is 3.81. The molecule has 1 aliphatic heterocycles. The third kappa shape index (κ3) is 5.30. The Hall–Kier alpha value is -1.69. The predicted molar refractivity (Wildman–Crippen MR) is 84.9 cm³/mol. The third-order valence-electron chi connectivity index (χ3n) is 3.28. The van der Waals surface area contributed by atoms with Crippen LogP contribution in [-0.2, 0) is 9.59 Å². The van der Waals surface area contributed by atoms with Crippen LogP contribution in [0, 0.1) is 0 Å². The Balaban J connectivity index is 1.81. The van der Waals surface area contributed by atoms with Crippen molar-refractivity contribution >= 4 is 34.0 Å². The van der Waals surface area contributed by atoms with Crippen molar-refractivity contribution in [2.24, 2.45) is 5.10 Å². The van der Waals surface area contributed by atoms with Crippen LogP contribution >= 0.6 is 15.9 Å². The first-order chi connectivity index (χ1) is 10.1. The highest BCUT2D eigenvalue weighted by molar-refractivity contribution is 9.10. The molecule has 0 unspecified atom stereocenters. The molecule has 1 aromatic rings. The zero-order valence-corrected chi connectivity index (χ0v) is 13.3. The molecule has 112 valence electrons. The van der Waals surface area contributed by atoms with Gasteiger partial charge >= 0.3 is 0 Å². The lowest BCUT2D eigenvalue weighted by molar-refractivity contribution is -0.135. The quantitative estimate of drug-likeness (QED) is 0.668. The van der Waals surface area contributed by atoms with Gasteiger partial charge < -0.3 is 4.90 Å². The van der Waals surface area contributed by atoms with Crippen LogP contribution in [0.3, 0.4) is 0 Å². The van der Waals surface area contributed by atoms with Gasteiger partial charge in [-0.25, -0.2) is 5.43 Å². The van der Waals surface area contributed by atoms with Gasteiger partial charge in [-0.05, 0) is 30.5 Å². The Bertz CT molecular complexity index is 528. The minimum atomic E-state index is -0.265. The fourth-order valence-corrected chi connectivity index (χ4v) is 2.41. The topological polar surface area (TPSA) is 61.8 Å². The molecule has 0 aliphatic carbocycles. The number of amides is 2. The van der Waals surface area contributed by atoms with Gasteiger partial charge in [0.25, 0.3) is 5.91 Å². The second kappa shape index (κ2) is 7.93. The van der Waals surface area contributed by atoms with Crippen molar-refractivity contribution in [2.45, 2.75) is 25.7 Å². The molecule has 0 atom stereocenters. The molecule has 0 bridgehead atoms. The molecule has 0 saturated carbocycles. The summed E-state index contributed by atoms with van der Waals surface area (Å²) in [4.78, 5) is 25.2. The minimum Gasteiger partial charge on any atom is -0.333 e. The van der Waals surface area contributed by atoms with Crippen molar-refractivity contribution < 1.29 is 9.59 Å². The van der Waals surface area contributed by atoms with Crippen molar-refractivity contribution in [1.82, 2.24) is 10.3 Å².